The van der Waals surface area contributed by atoms with E-state index in [1.165, 1.54) is 0 Å². The van der Waals surface area contributed by atoms with Crippen molar-refractivity contribution in [3.8, 4) is 0 Å². The van der Waals surface area contributed by atoms with Gasteiger partial charge in [0.25, 0.3) is 5.91 Å². The van der Waals surface area contributed by atoms with Gasteiger partial charge in [-0.1, -0.05) is 13.8 Å². The number of fused-ring (bicyclic) bond motifs is 1. The minimum atomic E-state index is -3.69. The first-order valence-electron chi connectivity index (χ1n) is 10.4. The zero-order chi connectivity index (χ0) is 21.6. The molecule has 2 amide bonds. The first-order valence-corrected chi connectivity index (χ1v) is 12.3. The highest BCUT2D eigenvalue weighted by Crippen LogP contribution is 2.41. The third-order valence-corrected chi connectivity index (χ3v) is 7.45. The molecule has 0 unspecified atom stereocenters. The molecular weight excluding hydrogens is 410 g/mol. The SMILES string of the molecule is CC(C)[C@H]1C(=O)N(S(C)(=O)=O)[C@H]2CCN(C(=O)c3ccc(CN4CCOCC4)o3)[C@H]12. The van der Waals surface area contributed by atoms with E-state index in [9.17, 15) is 18.0 Å². The number of morpholine rings is 1. The second kappa shape index (κ2) is 7.97. The molecule has 9 nitrogen and oxygen atoms in total. The topological polar surface area (TPSA) is 100 Å². The van der Waals surface area contributed by atoms with E-state index in [4.69, 9.17) is 9.15 Å². The smallest absolute Gasteiger partial charge is 0.289 e. The molecule has 1 aromatic rings. The molecule has 3 atom stereocenters. The maximum Gasteiger partial charge on any atom is 0.289 e. The zero-order valence-corrected chi connectivity index (χ0v) is 18.4. The molecule has 0 aromatic carbocycles. The Balaban J connectivity index is 1.54. The summed E-state index contributed by atoms with van der Waals surface area (Å²) in [7, 11) is -3.69. The highest BCUT2D eigenvalue weighted by molar-refractivity contribution is 7.88. The number of ether oxygens (including phenoxy) is 1. The van der Waals surface area contributed by atoms with Crippen LogP contribution in [0, 0.1) is 11.8 Å². The van der Waals surface area contributed by atoms with Crippen molar-refractivity contribution in [3.05, 3.63) is 23.7 Å². The summed E-state index contributed by atoms with van der Waals surface area (Å²) in [5.41, 5.74) is 0. The number of hydrogen-bond donors (Lipinski definition) is 0. The van der Waals surface area contributed by atoms with Crippen molar-refractivity contribution in [2.75, 3.05) is 39.1 Å². The van der Waals surface area contributed by atoms with Crippen molar-refractivity contribution in [1.82, 2.24) is 14.1 Å². The summed E-state index contributed by atoms with van der Waals surface area (Å²) in [6.07, 6.45) is 1.50. The minimum absolute atomic E-state index is 0.0846. The first kappa shape index (κ1) is 21.3. The third-order valence-electron chi connectivity index (χ3n) is 6.28. The molecule has 166 valence electrons. The summed E-state index contributed by atoms with van der Waals surface area (Å²) in [4.78, 5) is 30.0. The highest BCUT2D eigenvalue weighted by Gasteiger charge is 2.58. The number of amides is 2. The van der Waals surface area contributed by atoms with Crippen LogP contribution >= 0.6 is 0 Å². The number of sulfonamides is 1. The van der Waals surface area contributed by atoms with E-state index in [-0.39, 0.29) is 17.6 Å². The van der Waals surface area contributed by atoms with E-state index < -0.39 is 33.9 Å². The molecule has 3 aliphatic rings. The molecule has 3 fully saturated rings. The third kappa shape index (κ3) is 3.76. The van der Waals surface area contributed by atoms with E-state index in [0.29, 0.717) is 38.5 Å². The maximum atomic E-state index is 13.2. The molecule has 30 heavy (non-hydrogen) atoms. The lowest BCUT2D eigenvalue weighted by Gasteiger charge is -2.28. The number of carbonyl (C=O) groups is 2. The van der Waals surface area contributed by atoms with Crippen molar-refractivity contribution >= 4 is 21.8 Å². The predicted molar refractivity (Wildman–Crippen MR) is 108 cm³/mol. The molecule has 0 radical (unpaired) electrons. The Hall–Kier alpha value is -1.91. The molecule has 0 aliphatic carbocycles. The monoisotopic (exact) mass is 439 g/mol. The van der Waals surface area contributed by atoms with Gasteiger partial charge >= 0.3 is 0 Å². The summed E-state index contributed by atoms with van der Waals surface area (Å²) in [6, 6.07) is 2.50. The predicted octanol–water partition coefficient (Wildman–Crippen LogP) is 0.769. The molecule has 0 spiro atoms. The fourth-order valence-corrected chi connectivity index (χ4v) is 6.14. The van der Waals surface area contributed by atoms with Gasteiger partial charge in [0.1, 0.15) is 5.76 Å². The van der Waals surface area contributed by atoms with E-state index in [1.807, 2.05) is 13.8 Å². The lowest BCUT2D eigenvalue weighted by atomic mass is 9.88. The average molecular weight is 440 g/mol. The Kier molecular flexibility index (Phi) is 5.67. The van der Waals surface area contributed by atoms with Crippen molar-refractivity contribution in [1.29, 1.82) is 0 Å². The molecule has 4 heterocycles. The number of furan rings is 1. The van der Waals surface area contributed by atoms with E-state index >= 15 is 0 Å². The van der Waals surface area contributed by atoms with Crippen LogP contribution < -0.4 is 0 Å². The molecule has 3 aliphatic heterocycles. The highest BCUT2D eigenvalue weighted by atomic mass is 32.2. The van der Waals surface area contributed by atoms with Crippen LogP contribution in [0.2, 0.25) is 0 Å². The average Bonchev–Trinajstić information content (AvgIpc) is 3.35. The Bertz CT molecular complexity index is 921. The molecule has 4 rings (SSSR count). The molecular formula is C20H29N3O6S. The second-order valence-corrected chi connectivity index (χ2v) is 10.5. The fraction of sp³-hybridized carbons (Fsp3) is 0.700. The lowest BCUT2D eigenvalue weighted by Crippen LogP contribution is -2.44. The van der Waals surface area contributed by atoms with Gasteiger partial charge in [0.15, 0.2) is 5.76 Å². The summed E-state index contributed by atoms with van der Waals surface area (Å²) in [6.45, 7) is 7.79. The minimum Gasteiger partial charge on any atom is -0.455 e. The van der Waals surface area contributed by atoms with Crippen LogP contribution in [-0.4, -0.2) is 85.5 Å². The van der Waals surface area contributed by atoms with Crippen molar-refractivity contribution in [2.45, 2.75) is 38.9 Å². The Labute approximate surface area is 177 Å². The lowest BCUT2D eigenvalue weighted by molar-refractivity contribution is -0.129. The van der Waals surface area contributed by atoms with Gasteiger partial charge in [0.2, 0.25) is 15.9 Å². The quantitative estimate of drug-likeness (QED) is 0.668. The molecule has 0 saturated carbocycles. The Morgan fingerprint density at radius 2 is 1.90 bits per heavy atom. The van der Waals surface area contributed by atoms with Crippen LogP contribution in [0.5, 0.6) is 0 Å². The van der Waals surface area contributed by atoms with E-state index in [2.05, 4.69) is 4.90 Å². The van der Waals surface area contributed by atoms with Gasteiger partial charge < -0.3 is 14.1 Å². The van der Waals surface area contributed by atoms with Crippen LogP contribution in [0.25, 0.3) is 0 Å². The zero-order valence-electron chi connectivity index (χ0n) is 17.6. The number of nitrogens with zero attached hydrogens (tertiary/aromatic N) is 3. The van der Waals surface area contributed by atoms with Gasteiger partial charge in [-0.3, -0.25) is 14.5 Å². The van der Waals surface area contributed by atoms with Crippen LogP contribution in [0.3, 0.4) is 0 Å². The molecule has 0 bridgehead atoms. The van der Waals surface area contributed by atoms with Crippen molar-refractivity contribution in [2.24, 2.45) is 11.8 Å². The first-order chi connectivity index (χ1) is 14.2. The summed E-state index contributed by atoms with van der Waals surface area (Å²) in [5.74, 6) is -0.391. The summed E-state index contributed by atoms with van der Waals surface area (Å²) < 4.78 is 36.7. The van der Waals surface area contributed by atoms with Crippen LogP contribution in [0.1, 0.15) is 36.6 Å². The van der Waals surface area contributed by atoms with Crippen LogP contribution in [-0.2, 0) is 26.1 Å². The summed E-state index contributed by atoms with van der Waals surface area (Å²) in [5, 5.41) is 0. The number of carbonyl (C=O) groups excluding carboxylic acids is 2. The molecule has 1 aromatic heterocycles. The van der Waals surface area contributed by atoms with Gasteiger partial charge in [-0.25, -0.2) is 12.7 Å². The van der Waals surface area contributed by atoms with E-state index in [1.54, 1.807) is 17.0 Å². The largest absolute Gasteiger partial charge is 0.455 e. The number of rotatable bonds is 5. The van der Waals surface area contributed by atoms with Crippen LogP contribution in [0.15, 0.2) is 16.5 Å². The normalized spacial score (nSPS) is 27.9. The number of likely N-dealkylation sites (tertiary alicyclic amines) is 1. The Morgan fingerprint density at radius 1 is 1.20 bits per heavy atom. The fourth-order valence-electron chi connectivity index (χ4n) is 4.97. The molecule has 10 heteroatoms. The van der Waals surface area contributed by atoms with Gasteiger partial charge in [0.05, 0.1) is 44.0 Å². The van der Waals surface area contributed by atoms with Crippen molar-refractivity contribution in [3.63, 3.8) is 0 Å². The van der Waals surface area contributed by atoms with Crippen molar-refractivity contribution < 1.29 is 27.2 Å². The van der Waals surface area contributed by atoms with E-state index in [0.717, 1.165) is 23.7 Å². The van der Waals surface area contributed by atoms with Gasteiger partial charge in [0, 0.05) is 19.6 Å². The van der Waals surface area contributed by atoms with Gasteiger partial charge in [-0.2, -0.15) is 0 Å². The van der Waals surface area contributed by atoms with Crippen LogP contribution in [0.4, 0.5) is 0 Å². The standard InChI is InChI=1S/C20H29N3O6S/c1-13(2)17-18-15(23(20(17)25)30(3,26)27)6-7-22(18)19(24)16-5-4-14(29-16)12-21-8-10-28-11-9-21/h4-5,13,15,17-18H,6-12H2,1-3H3/t15-,17+,18-/m0/s1. The summed E-state index contributed by atoms with van der Waals surface area (Å²) >= 11 is 0. The second-order valence-electron chi connectivity index (χ2n) is 8.67. The van der Waals surface area contributed by atoms with Gasteiger partial charge in [-0.15, -0.1) is 0 Å². The Morgan fingerprint density at radius 3 is 2.53 bits per heavy atom. The number of hydrogen-bond acceptors (Lipinski definition) is 7. The molecule has 3 saturated heterocycles. The maximum absolute atomic E-state index is 13.2. The molecule has 0 N–H and O–H groups in total. The van der Waals surface area contributed by atoms with Gasteiger partial charge in [-0.05, 0) is 24.5 Å².